The lowest BCUT2D eigenvalue weighted by Crippen LogP contribution is -2.38. The number of benzene rings is 1. The maximum atomic E-state index is 13.8. The molecule has 1 atom stereocenters. The van der Waals surface area contributed by atoms with Crippen molar-refractivity contribution < 1.29 is 23.9 Å². The molecule has 1 aliphatic heterocycles. The molecule has 0 aliphatic carbocycles. The van der Waals surface area contributed by atoms with Crippen LogP contribution in [0.4, 0.5) is 10.2 Å². The number of rotatable bonds is 2. The molecule has 1 aromatic heterocycles. The van der Waals surface area contributed by atoms with Gasteiger partial charge in [-0.05, 0) is 6.07 Å². The highest BCUT2D eigenvalue weighted by Crippen LogP contribution is 2.28. The highest BCUT2D eigenvalue weighted by Gasteiger charge is 2.38. The Hall–Kier alpha value is -3.03. The molecular formula is C13H8FN3O4. The first-order chi connectivity index (χ1) is 9.99. The average Bonchev–Trinajstić information content (AvgIpc) is 2.85. The van der Waals surface area contributed by atoms with Crippen LogP contribution in [0.3, 0.4) is 0 Å². The van der Waals surface area contributed by atoms with E-state index in [1.54, 1.807) is 0 Å². The fraction of sp³-hybridized carbons (Fsp3) is 0.0769. The van der Waals surface area contributed by atoms with Crippen LogP contribution in [0.2, 0.25) is 0 Å². The first-order valence-electron chi connectivity index (χ1n) is 5.92. The summed E-state index contributed by atoms with van der Waals surface area (Å²) in [4.78, 5) is 35.2. The van der Waals surface area contributed by atoms with Crippen molar-refractivity contribution >= 4 is 23.6 Å². The Morgan fingerprint density at radius 3 is 2.71 bits per heavy atom. The van der Waals surface area contributed by atoms with E-state index >= 15 is 0 Å². The van der Waals surface area contributed by atoms with Gasteiger partial charge >= 0.3 is 5.97 Å². The predicted octanol–water partition coefficient (Wildman–Crippen LogP) is 1.10. The summed E-state index contributed by atoms with van der Waals surface area (Å²) < 4.78 is 14.5. The predicted molar refractivity (Wildman–Crippen MR) is 67.6 cm³/mol. The van der Waals surface area contributed by atoms with Gasteiger partial charge in [0.1, 0.15) is 17.6 Å². The fourth-order valence-electron chi connectivity index (χ4n) is 2.16. The van der Waals surface area contributed by atoms with Gasteiger partial charge in [-0.1, -0.05) is 18.2 Å². The monoisotopic (exact) mass is 289 g/mol. The Labute approximate surface area is 117 Å². The van der Waals surface area contributed by atoms with E-state index in [0.717, 1.165) is 16.8 Å². The summed E-state index contributed by atoms with van der Waals surface area (Å²) in [7, 11) is 0. The number of carbonyl (C=O) groups excluding carboxylic acids is 2. The summed E-state index contributed by atoms with van der Waals surface area (Å²) in [5.41, 5.74) is -0.467. The Morgan fingerprint density at radius 1 is 1.33 bits per heavy atom. The minimum atomic E-state index is -1.40. The first kappa shape index (κ1) is 13.0. The molecule has 2 heterocycles. The molecule has 0 fully saturated rings. The Morgan fingerprint density at radius 2 is 2.05 bits per heavy atom. The van der Waals surface area contributed by atoms with Gasteiger partial charge in [0.2, 0.25) is 5.91 Å². The van der Waals surface area contributed by atoms with Gasteiger partial charge in [-0.25, -0.2) is 9.18 Å². The number of anilines is 1. The molecule has 0 radical (unpaired) electrons. The van der Waals surface area contributed by atoms with E-state index in [4.69, 9.17) is 5.11 Å². The standard InChI is InChI=1S/C13H8FN3O4/c14-7-4-2-1-3-6(7)10-11(18)15-9-5-8(13(20)21)16-17(9)12(10)19/h1-5,10H,(H,15,18)(H,20,21). The van der Waals surface area contributed by atoms with Gasteiger partial charge < -0.3 is 10.4 Å². The number of hydrogen-bond donors (Lipinski definition) is 2. The molecule has 0 saturated heterocycles. The van der Waals surface area contributed by atoms with E-state index in [1.165, 1.54) is 18.2 Å². The van der Waals surface area contributed by atoms with E-state index < -0.39 is 29.5 Å². The molecule has 0 bridgehead atoms. The molecule has 2 aromatic rings. The van der Waals surface area contributed by atoms with Crippen molar-refractivity contribution in [2.45, 2.75) is 5.92 Å². The second-order valence-corrected chi connectivity index (χ2v) is 4.41. The molecule has 2 N–H and O–H groups in total. The molecule has 3 rings (SSSR count). The third-order valence-electron chi connectivity index (χ3n) is 3.11. The number of carbonyl (C=O) groups is 3. The van der Waals surface area contributed by atoms with E-state index in [2.05, 4.69) is 10.4 Å². The molecule has 106 valence electrons. The SMILES string of the molecule is O=C(O)c1cc2n(n1)C(=O)C(c1ccccc1F)C(=O)N2. The van der Waals surface area contributed by atoms with Crippen LogP contribution in [0.15, 0.2) is 30.3 Å². The zero-order valence-electron chi connectivity index (χ0n) is 10.4. The van der Waals surface area contributed by atoms with Gasteiger partial charge in [-0.3, -0.25) is 9.59 Å². The molecule has 1 unspecified atom stereocenters. The van der Waals surface area contributed by atoms with Crippen molar-refractivity contribution in [1.82, 2.24) is 9.78 Å². The van der Waals surface area contributed by atoms with Crippen molar-refractivity contribution in [3.8, 4) is 0 Å². The van der Waals surface area contributed by atoms with Gasteiger partial charge in [0.25, 0.3) is 5.91 Å². The van der Waals surface area contributed by atoms with Crippen molar-refractivity contribution in [2.24, 2.45) is 0 Å². The van der Waals surface area contributed by atoms with Crippen molar-refractivity contribution in [1.29, 1.82) is 0 Å². The van der Waals surface area contributed by atoms with Crippen molar-refractivity contribution in [3.05, 3.63) is 47.4 Å². The average molecular weight is 289 g/mol. The topological polar surface area (TPSA) is 101 Å². The molecule has 0 spiro atoms. The summed E-state index contributed by atoms with van der Waals surface area (Å²) in [6.07, 6.45) is 0. The van der Waals surface area contributed by atoms with E-state index in [1.807, 2.05) is 0 Å². The van der Waals surface area contributed by atoms with Crippen molar-refractivity contribution in [3.63, 3.8) is 0 Å². The number of halogens is 1. The Bertz CT molecular complexity index is 783. The summed E-state index contributed by atoms with van der Waals surface area (Å²) in [6.45, 7) is 0. The third-order valence-corrected chi connectivity index (χ3v) is 3.11. The van der Waals surface area contributed by atoms with E-state index in [9.17, 15) is 18.8 Å². The molecule has 7 nitrogen and oxygen atoms in total. The van der Waals surface area contributed by atoms with Crippen LogP contribution >= 0.6 is 0 Å². The highest BCUT2D eigenvalue weighted by molar-refractivity contribution is 6.15. The van der Waals surface area contributed by atoms with Gasteiger partial charge in [0.05, 0.1) is 0 Å². The zero-order valence-corrected chi connectivity index (χ0v) is 10.4. The number of fused-ring (bicyclic) bond motifs is 1. The smallest absolute Gasteiger partial charge is 0.356 e. The van der Waals surface area contributed by atoms with Crippen LogP contribution in [0.1, 0.15) is 26.8 Å². The summed E-state index contributed by atoms with van der Waals surface area (Å²) >= 11 is 0. The van der Waals surface area contributed by atoms with Crippen LogP contribution < -0.4 is 5.32 Å². The number of aromatic nitrogens is 2. The van der Waals surface area contributed by atoms with Gasteiger partial charge in [-0.2, -0.15) is 9.78 Å². The second-order valence-electron chi connectivity index (χ2n) is 4.41. The molecule has 1 aliphatic rings. The van der Waals surface area contributed by atoms with Crippen molar-refractivity contribution in [2.75, 3.05) is 5.32 Å². The van der Waals surface area contributed by atoms with Crippen LogP contribution in [-0.4, -0.2) is 32.7 Å². The number of hydrogen-bond acceptors (Lipinski definition) is 4. The maximum Gasteiger partial charge on any atom is 0.356 e. The number of aromatic carboxylic acids is 1. The lowest BCUT2D eigenvalue weighted by atomic mass is 9.95. The Balaban J connectivity index is 2.09. The number of carboxylic acid groups (broad SMARTS) is 1. The zero-order chi connectivity index (χ0) is 15.1. The van der Waals surface area contributed by atoms with E-state index in [-0.39, 0.29) is 17.1 Å². The normalized spacial score (nSPS) is 17.3. The number of carboxylic acids is 1. The Kier molecular flexibility index (Phi) is 2.79. The molecule has 1 amide bonds. The van der Waals surface area contributed by atoms with Crippen LogP contribution in [0, 0.1) is 5.82 Å². The first-order valence-corrected chi connectivity index (χ1v) is 5.92. The van der Waals surface area contributed by atoms with Gasteiger partial charge in [0.15, 0.2) is 5.69 Å². The third kappa shape index (κ3) is 1.97. The minimum absolute atomic E-state index is 0.0463. The largest absolute Gasteiger partial charge is 0.476 e. The summed E-state index contributed by atoms with van der Waals surface area (Å²) in [5.74, 6) is -5.00. The molecule has 8 heteroatoms. The highest BCUT2D eigenvalue weighted by atomic mass is 19.1. The minimum Gasteiger partial charge on any atom is -0.476 e. The van der Waals surface area contributed by atoms with Gasteiger partial charge in [0, 0.05) is 11.6 Å². The molecular weight excluding hydrogens is 281 g/mol. The number of amides is 1. The van der Waals surface area contributed by atoms with Crippen LogP contribution in [0.25, 0.3) is 0 Å². The molecule has 21 heavy (non-hydrogen) atoms. The van der Waals surface area contributed by atoms with Gasteiger partial charge in [-0.15, -0.1) is 0 Å². The summed E-state index contributed by atoms with van der Waals surface area (Å²) in [6, 6.07) is 6.46. The molecule has 1 aromatic carbocycles. The number of nitrogens with one attached hydrogen (secondary N) is 1. The lowest BCUT2D eigenvalue weighted by Gasteiger charge is -2.22. The van der Waals surface area contributed by atoms with Crippen LogP contribution in [0.5, 0.6) is 0 Å². The quantitative estimate of drug-likeness (QED) is 0.806. The van der Waals surface area contributed by atoms with E-state index in [0.29, 0.717) is 0 Å². The second kappa shape index (κ2) is 4.51. The summed E-state index contributed by atoms with van der Waals surface area (Å²) in [5, 5.41) is 14.8. The van der Waals surface area contributed by atoms with Crippen LogP contribution in [-0.2, 0) is 4.79 Å². The fourth-order valence-corrected chi connectivity index (χ4v) is 2.16. The molecule has 0 saturated carbocycles. The lowest BCUT2D eigenvalue weighted by molar-refractivity contribution is -0.117. The number of nitrogens with zero attached hydrogens (tertiary/aromatic N) is 2. The maximum absolute atomic E-state index is 13.8.